The summed E-state index contributed by atoms with van der Waals surface area (Å²) in [5.41, 5.74) is 0.590. The van der Waals surface area contributed by atoms with Gasteiger partial charge in [-0.2, -0.15) is 0 Å². The highest BCUT2D eigenvalue weighted by molar-refractivity contribution is 5.80. The van der Waals surface area contributed by atoms with Crippen LogP contribution in [0.2, 0.25) is 0 Å². The summed E-state index contributed by atoms with van der Waals surface area (Å²) in [4.78, 5) is 29.0. The molecule has 2 fully saturated rings. The lowest BCUT2D eigenvalue weighted by Gasteiger charge is -2.34. The molecule has 0 atom stereocenters. The average molecular weight is 360 g/mol. The maximum Gasteiger partial charge on any atom is 0.225 e. The monoisotopic (exact) mass is 360 g/mol. The zero-order valence-electron chi connectivity index (χ0n) is 15.5. The van der Waals surface area contributed by atoms with E-state index in [4.69, 9.17) is 0 Å². The fraction of sp³-hybridized carbons (Fsp3) is 0.619. The van der Waals surface area contributed by atoms with Gasteiger partial charge in [0.2, 0.25) is 11.8 Å². The second-order valence-corrected chi connectivity index (χ2v) is 7.49. The molecule has 0 aliphatic carbocycles. The first-order chi connectivity index (χ1) is 12.6. The Morgan fingerprint density at radius 2 is 1.58 bits per heavy atom. The number of carbonyl (C=O) groups excluding carboxylic acids is 2. The summed E-state index contributed by atoms with van der Waals surface area (Å²) in [6.07, 6.45) is 6.92. The Morgan fingerprint density at radius 1 is 0.923 bits per heavy atom. The molecular weight excluding hydrogens is 331 g/mol. The molecule has 0 radical (unpaired) electrons. The van der Waals surface area contributed by atoms with Gasteiger partial charge in [0, 0.05) is 38.5 Å². The van der Waals surface area contributed by atoms with Crippen LogP contribution in [-0.4, -0.2) is 47.8 Å². The zero-order valence-corrected chi connectivity index (χ0v) is 15.5. The Bertz CT molecular complexity index is 618. The second kappa shape index (κ2) is 9.15. The summed E-state index contributed by atoms with van der Waals surface area (Å²) in [6, 6.07) is 6.62. The van der Waals surface area contributed by atoms with Crippen LogP contribution in [0.4, 0.5) is 4.39 Å². The Hall–Kier alpha value is -1.91. The van der Waals surface area contributed by atoms with Crippen LogP contribution in [0.5, 0.6) is 0 Å². The molecule has 2 aliphatic rings. The molecule has 5 heteroatoms. The van der Waals surface area contributed by atoms with E-state index >= 15 is 0 Å². The van der Waals surface area contributed by atoms with Gasteiger partial charge in [0.15, 0.2) is 0 Å². The van der Waals surface area contributed by atoms with E-state index in [0.717, 1.165) is 38.8 Å². The van der Waals surface area contributed by atoms with Crippen LogP contribution in [-0.2, 0) is 16.0 Å². The van der Waals surface area contributed by atoms with Crippen LogP contribution in [0, 0.1) is 11.7 Å². The van der Waals surface area contributed by atoms with Gasteiger partial charge in [-0.05, 0) is 43.7 Å². The van der Waals surface area contributed by atoms with E-state index in [0.29, 0.717) is 31.5 Å². The first kappa shape index (κ1) is 18.9. The number of piperidine rings is 1. The van der Waals surface area contributed by atoms with Crippen LogP contribution in [0.15, 0.2) is 24.3 Å². The van der Waals surface area contributed by atoms with Crippen LogP contribution < -0.4 is 0 Å². The third-order valence-electron chi connectivity index (χ3n) is 5.68. The summed E-state index contributed by atoms with van der Waals surface area (Å²) < 4.78 is 13.7. The van der Waals surface area contributed by atoms with Gasteiger partial charge in [-0.15, -0.1) is 0 Å². The lowest BCUT2D eigenvalue weighted by atomic mass is 9.94. The third-order valence-corrected chi connectivity index (χ3v) is 5.68. The summed E-state index contributed by atoms with van der Waals surface area (Å²) in [7, 11) is 0. The molecule has 1 aromatic carbocycles. The van der Waals surface area contributed by atoms with Crippen molar-refractivity contribution in [1.29, 1.82) is 0 Å². The lowest BCUT2D eigenvalue weighted by molar-refractivity contribution is -0.140. The van der Waals surface area contributed by atoms with Crippen molar-refractivity contribution in [3.63, 3.8) is 0 Å². The topological polar surface area (TPSA) is 40.6 Å². The molecule has 2 amide bonds. The van der Waals surface area contributed by atoms with Gasteiger partial charge in [-0.25, -0.2) is 4.39 Å². The highest BCUT2D eigenvalue weighted by Crippen LogP contribution is 2.22. The van der Waals surface area contributed by atoms with Crippen molar-refractivity contribution in [3.05, 3.63) is 35.6 Å². The summed E-state index contributed by atoms with van der Waals surface area (Å²) >= 11 is 0. The molecule has 0 spiro atoms. The molecular formula is C21H29FN2O2. The van der Waals surface area contributed by atoms with Gasteiger partial charge in [0.25, 0.3) is 0 Å². The van der Waals surface area contributed by atoms with E-state index < -0.39 is 0 Å². The summed E-state index contributed by atoms with van der Waals surface area (Å²) in [5.74, 6) is 0.157. The van der Waals surface area contributed by atoms with Crippen molar-refractivity contribution in [2.75, 3.05) is 26.2 Å². The number of hydrogen-bond acceptors (Lipinski definition) is 2. The van der Waals surface area contributed by atoms with Gasteiger partial charge >= 0.3 is 0 Å². The van der Waals surface area contributed by atoms with Gasteiger partial charge in [-0.1, -0.05) is 31.0 Å². The number of rotatable bonds is 4. The number of amides is 2. The molecule has 4 nitrogen and oxygen atoms in total. The Kier molecular flexibility index (Phi) is 6.64. The predicted molar refractivity (Wildman–Crippen MR) is 99.1 cm³/mol. The van der Waals surface area contributed by atoms with E-state index in [-0.39, 0.29) is 23.5 Å². The molecule has 3 rings (SSSR count). The number of halogens is 1. The molecule has 0 aromatic heterocycles. The van der Waals surface area contributed by atoms with Crippen LogP contribution in [0.25, 0.3) is 0 Å². The minimum absolute atomic E-state index is 0.0590. The Balaban J connectivity index is 1.44. The number of aryl methyl sites for hydroxylation is 1. The van der Waals surface area contributed by atoms with Crippen molar-refractivity contribution in [1.82, 2.24) is 9.80 Å². The standard InChI is InChI=1S/C21H29FN2O2/c22-19-8-4-3-7-17(19)9-10-20(25)23-15-11-18(12-16-23)21(26)24-13-5-1-2-6-14-24/h3-4,7-8,18H,1-2,5-6,9-16H2. The number of likely N-dealkylation sites (tertiary alicyclic amines) is 2. The van der Waals surface area contributed by atoms with Crippen LogP contribution >= 0.6 is 0 Å². The highest BCUT2D eigenvalue weighted by atomic mass is 19.1. The molecule has 142 valence electrons. The SMILES string of the molecule is O=C(CCc1ccccc1F)N1CCC(C(=O)N2CCCCCC2)CC1. The second-order valence-electron chi connectivity index (χ2n) is 7.49. The molecule has 2 aliphatic heterocycles. The molecule has 0 bridgehead atoms. The van der Waals surface area contributed by atoms with Crippen LogP contribution in [0.1, 0.15) is 50.5 Å². The number of nitrogens with zero attached hydrogens (tertiary/aromatic N) is 2. The van der Waals surface area contributed by atoms with Crippen molar-refractivity contribution in [2.45, 2.75) is 51.4 Å². The minimum atomic E-state index is -0.248. The Labute approximate surface area is 155 Å². The molecule has 0 saturated carbocycles. The van der Waals surface area contributed by atoms with E-state index in [9.17, 15) is 14.0 Å². The van der Waals surface area contributed by atoms with E-state index in [2.05, 4.69) is 0 Å². The summed E-state index contributed by atoms with van der Waals surface area (Å²) in [6.45, 7) is 3.06. The quantitative estimate of drug-likeness (QED) is 0.826. The summed E-state index contributed by atoms with van der Waals surface area (Å²) in [5, 5.41) is 0. The van der Waals surface area contributed by atoms with Gasteiger partial charge in [0.05, 0.1) is 0 Å². The maximum atomic E-state index is 13.7. The normalized spacial score (nSPS) is 19.3. The molecule has 26 heavy (non-hydrogen) atoms. The highest BCUT2D eigenvalue weighted by Gasteiger charge is 2.30. The van der Waals surface area contributed by atoms with Gasteiger partial charge in [0.1, 0.15) is 5.82 Å². The van der Waals surface area contributed by atoms with Gasteiger partial charge in [-0.3, -0.25) is 9.59 Å². The molecule has 1 aromatic rings. The Morgan fingerprint density at radius 3 is 2.23 bits per heavy atom. The van der Waals surface area contributed by atoms with Crippen molar-refractivity contribution in [2.24, 2.45) is 5.92 Å². The smallest absolute Gasteiger partial charge is 0.225 e. The van der Waals surface area contributed by atoms with Crippen molar-refractivity contribution in [3.8, 4) is 0 Å². The molecule has 0 N–H and O–H groups in total. The minimum Gasteiger partial charge on any atom is -0.343 e. The molecule has 0 unspecified atom stereocenters. The number of hydrogen-bond donors (Lipinski definition) is 0. The van der Waals surface area contributed by atoms with E-state index in [1.807, 2.05) is 9.80 Å². The molecule has 2 heterocycles. The average Bonchev–Trinajstić information content (AvgIpc) is 2.96. The first-order valence-corrected chi connectivity index (χ1v) is 9.95. The van der Waals surface area contributed by atoms with Gasteiger partial charge < -0.3 is 9.80 Å². The lowest BCUT2D eigenvalue weighted by Crippen LogP contribution is -2.44. The largest absolute Gasteiger partial charge is 0.343 e. The fourth-order valence-electron chi connectivity index (χ4n) is 4.03. The first-order valence-electron chi connectivity index (χ1n) is 9.95. The predicted octanol–water partition coefficient (Wildman–Crippen LogP) is 3.40. The van der Waals surface area contributed by atoms with Crippen molar-refractivity contribution >= 4 is 11.8 Å². The van der Waals surface area contributed by atoms with Crippen LogP contribution in [0.3, 0.4) is 0 Å². The number of carbonyl (C=O) groups is 2. The maximum absolute atomic E-state index is 13.7. The fourth-order valence-corrected chi connectivity index (χ4v) is 4.03. The molecule has 2 saturated heterocycles. The van der Waals surface area contributed by atoms with E-state index in [1.54, 1.807) is 18.2 Å². The van der Waals surface area contributed by atoms with Crippen molar-refractivity contribution < 1.29 is 14.0 Å². The third kappa shape index (κ3) is 4.83. The zero-order chi connectivity index (χ0) is 18.4. The van der Waals surface area contributed by atoms with E-state index in [1.165, 1.54) is 18.9 Å². The number of benzene rings is 1.